The van der Waals surface area contributed by atoms with Crippen molar-refractivity contribution in [3.05, 3.63) is 36.4 Å². The molecule has 0 aliphatic carbocycles. The minimum atomic E-state index is 0.929. The van der Waals surface area contributed by atoms with E-state index < -0.39 is 0 Å². The maximum Gasteiger partial charge on any atom is 0.0338 e. The van der Waals surface area contributed by atoms with E-state index in [1.165, 1.54) is 0 Å². The van der Waals surface area contributed by atoms with Crippen LogP contribution in [0.3, 0.4) is 0 Å². The molecule has 0 aromatic heterocycles. The second kappa shape index (κ2) is 3.49. The van der Waals surface area contributed by atoms with Crippen LogP contribution in [-0.4, -0.2) is 7.05 Å². The number of nitrogens with one attached hydrogen (secondary N) is 1. The van der Waals surface area contributed by atoms with Crippen molar-refractivity contribution in [3.8, 4) is 0 Å². The first-order valence-corrected chi connectivity index (χ1v) is 3.85. The molecule has 1 nitrogen and oxygen atoms in total. The van der Waals surface area contributed by atoms with Gasteiger partial charge in [0.15, 0.2) is 0 Å². The Morgan fingerprint density at radius 2 is 1.91 bits per heavy atom. The molecular formula is C9H11NS. The van der Waals surface area contributed by atoms with Gasteiger partial charge in [-0.3, -0.25) is 0 Å². The second-order valence-corrected chi connectivity index (χ2v) is 2.79. The zero-order valence-corrected chi connectivity index (χ0v) is 7.36. The Morgan fingerprint density at radius 3 is 2.36 bits per heavy atom. The Labute approximate surface area is 72.5 Å². The van der Waals surface area contributed by atoms with E-state index in [0.717, 1.165) is 16.2 Å². The molecule has 0 aliphatic heterocycles. The Bertz CT molecular complexity index is 251. The summed E-state index contributed by atoms with van der Waals surface area (Å²) in [6, 6.07) is 7.87. The fourth-order valence-corrected chi connectivity index (χ4v) is 0.956. The molecule has 1 aromatic rings. The summed E-state index contributed by atoms with van der Waals surface area (Å²) in [5, 5.41) is 2.98. The van der Waals surface area contributed by atoms with Crippen LogP contribution in [0.15, 0.2) is 35.7 Å². The summed E-state index contributed by atoms with van der Waals surface area (Å²) >= 11 is 4.18. The molecule has 0 saturated carbocycles. The molecule has 58 valence electrons. The molecule has 2 heteroatoms. The standard InChI is InChI=1S/C9H11NS/c1-7(10-2)8-3-5-9(11)6-4-8/h3-6,10-11H,1H2,2H3. The Hall–Kier alpha value is -0.890. The molecule has 0 saturated heterocycles. The van der Waals surface area contributed by atoms with Gasteiger partial charge in [-0.15, -0.1) is 12.6 Å². The van der Waals surface area contributed by atoms with Crippen LogP contribution in [0.5, 0.6) is 0 Å². The van der Waals surface area contributed by atoms with Crippen LogP contribution in [0, 0.1) is 0 Å². The molecule has 0 bridgehead atoms. The Kier molecular flexibility index (Phi) is 2.60. The third kappa shape index (κ3) is 2.02. The van der Waals surface area contributed by atoms with E-state index in [2.05, 4.69) is 24.5 Å². The SMILES string of the molecule is C=C(NC)c1ccc(S)cc1. The summed E-state index contributed by atoms with van der Waals surface area (Å²) < 4.78 is 0. The van der Waals surface area contributed by atoms with Crippen LogP contribution in [0.4, 0.5) is 0 Å². The van der Waals surface area contributed by atoms with Gasteiger partial charge in [-0.2, -0.15) is 0 Å². The number of thiol groups is 1. The number of benzene rings is 1. The smallest absolute Gasteiger partial charge is 0.0338 e. The Morgan fingerprint density at radius 1 is 1.36 bits per heavy atom. The van der Waals surface area contributed by atoms with Crippen LogP contribution in [0.1, 0.15) is 5.56 Å². The average molecular weight is 165 g/mol. The van der Waals surface area contributed by atoms with E-state index in [0.29, 0.717) is 0 Å². The molecular weight excluding hydrogens is 154 g/mol. The lowest BCUT2D eigenvalue weighted by molar-refractivity contribution is 1.13. The molecule has 1 N–H and O–H groups in total. The Balaban J connectivity index is 2.90. The summed E-state index contributed by atoms with van der Waals surface area (Å²) in [6.45, 7) is 3.84. The molecule has 0 amide bonds. The molecule has 0 heterocycles. The van der Waals surface area contributed by atoms with Crippen LogP contribution in [0.2, 0.25) is 0 Å². The van der Waals surface area contributed by atoms with Gasteiger partial charge in [-0.1, -0.05) is 18.7 Å². The number of hydrogen-bond donors (Lipinski definition) is 2. The first-order chi connectivity index (χ1) is 5.24. The van der Waals surface area contributed by atoms with Crippen LogP contribution in [0.25, 0.3) is 5.70 Å². The van der Waals surface area contributed by atoms with E-state index in [9.17, 15) is 0 Å². The predicted octanol–water partition coefficient (Wildman–Crippen LogP) is 2.17. The molecule has 11 heavy (non-hydrogen) atoms. The largest absolute Gasteiger partial charge is 0.388 e. The molecule has 0 unspecified atom stereocenters. The summed E-state index contributed by atoms with van der Waals surface area (Å²) in [4.78, 5) is 0.970. The zero-order valence-electron chi connectivity index (χ0n) is 6.46. The summed E-state index contributed by atoms with van der Waals surface area (Å²) in [5.74, 6) is 0. The van der Waals surface area contributed by atoms with Gasteiger partial charge in [0.05, 0.1) is 0 Å². The zero-order chi connectivity index (χ0) is 8.27. The highest BCUT2D eigenvalue weighted by Gasteiger charge is 1.93. The fourth-order valence-electron chi connectivity index (χ4n) is 0.807. The van der Waals surface area contributed by atoms with Crippen molar-refractivity contribution in [1.82, 2.24) is 5.32 Å². The summed E-state index contributed by atoms with van der Waals surface area (Å²) in [6.07, 6.45) is 0. The average Bonchev–Trinajstić information content (AvgIpc) is 2.05. The topological polar surface area (TPSA) is 12.0 Å². The van der Waals surface area contributed by atoms with Gasteiger partial charge < -0.3 is 5.32 Å². The molecule has 0 aliphatic rings. The number of hydrogen-bond acceptors (Lipinski definition) is 2. The monoisotopic (exact) mass is 165 g/mol. The van der Waals surface area contributed by atoms with Crippen molar-refractivity contribution in [2.45, 2.75) is 4.90 Å². The molecule has 1 rings (SSSR count). The lowest BCUT2D eigenvalue weighted by atomic mass is 10.2. The van der Waals surface area contributed by atoms with Crippen molar-refractivity contribution in [2.24, 2.45) is 0 Å². The minimum absolute atomic E-state index is 0.929. The maximum absolute atomic E-state index is 4.18. The predicted molar refractivity (Wildman–Crippen MR) is 51.8 cm³/mol. The van der Waals surface area contributed by atoms with Crippen molar-refractivity contribution in [2.75, 3.05) is 7.05 Å². The van der Waals surface area contributed by atoms with E-state index in [-0.39, 0.29) is 0 Å². The summed E-state index contributed by atoms with van der Waals surface area (Å²) in [7, 11) is 1.86. The van der Waals surface area contributed by atoms with Crippen LogP contribution >= 0.6 is 12.6 Å². The minimum Gasteiger partial charge on any atom is -0.388 e. The molecule has 0 atom stereocenters. The molecule has 0 radical (unpaired) electrons. The molecule has 0 fully saturated rings. The van der Waals surface area contributed by atoms with Gasteiger partial charge >= 0.3 is 0 Å². The highest BCUT2D eigenvalue weighted by molar-refractivity contribution is 7.80. The molecule has 0 spiro atoms. The van der Waals surface area contributed by atoms with E-state index >= 15 is 0 Å². The van der Waals surface area contributed by atoms with E-state index in [1.807, 2.05) is 31.3 Å². The third-order valence-corrected chi connectivity index (χ3v) is 1.82. The van der Waals surface area contributed by atoms with Crippen LogP contribution < -0.4 is 5.32 Å². The highest BCUT2D eigenvalue weighted by atomic mass is 32.1. The fraction of sp³-hybridized carbons (Fsp3) is 0.111. The van der Waals surface area contributed by atoms with Gasteiger partial charge in [0.2, 0.25) is 0 Å². The molecule has 1 aromatic carbocycles. The van der Waals surface area contributed by atoms with Gasteiger partial charge in [-0.05, 0) is 17.7 Å². The van der Waals surface area contributed by atoms with Gasteiger partial charge in [0, 0.05) is 17.6 Å². The van der Waals surface area contributed by atoms with Crippen LogP contribution in [-0.2, 0) is 0 Å². The van der Waals surface area contributed by atoms with Gasteiger partial charge in [0.1, 0.15) is 0 Å². The van der Waals surface area contributed by atoms with E-state index in [4.69, 9.17) is 0 Å². The third-order valence-electron chi connectivity index (χ3n) is 1.52. The summed E-state index contributed by atoms with van der Waals surface area (Å²) in [5.41, 5.74) is 2.03. The van der Waals surface area contributed by atoms with Gasteiger partial charge in [0.25, 0.3) is 0 Å². The lowest BCUT2D eigenvalue weighted by Gasteiger charge is -2.03. The van der Waals surface area contributed by atoms with Crippen molar-refractivity contribution in [3.63, 3.8) is 0 Å². The van der Waals surface area contributed by atoms with Crippen molar-refractivity contribution in [1.29, 1.82) is 0 Å². The quantitative estimate of drug-likeness (QED) is 0.640. The maximum atomic E-state index is 4.18. The lowest BCUT2D eigenvalue weighted by Crippen LogP contribution is -2.02. The van der Waals surface area contributed by atoms with E-state index in [1.54, 1.807) is 0 Å². The van der Waals surface area contributed by atoms with Crippen molar-refractivity contribution >= 4 is 18.3 Å². The second-order valence-electron chi connectivity index (χ2n) is 2.28. The first kappa shape index (κ1) is 8.21. The van der Waals surface area contributed by atoms with Crippen molar-refractivity contribution < 1.29 is 0 Å². The number of rotatable bonds is 2. The first-order valence-electron chi connectivity index (χ1n) is 3.40. The normalized spacial score (nSPS) is 9.27. The van der Waals surface area contributed by atoms with Gasteiger partial charge in [-0.25, -0.2) is 0 Å². The highest BCUT2D eigenvalue weighted by Crippen LogP contribution is 2.12.